The van der Waals surface area contributed by atoms with Crippen LogP contribution in [0.3, 0.4) is 0 Å². The number of aromatic nitrogens is 2. The first-order valence-electron chi connectivity index (χ1n) is 12.1. The zero-order valence-corrected chi connectivity index (χ0v) is 20.1. The van der Waals surface area contributed by atoms with Crippen LogP contribution >= 0.6 is 0 Å². The highest BCUT2D eigenvalue weighted by Crippen LogP contribution is 2.20. The topological polar surface area (TPSA) is 44.2 Å². The van der Waals surface area contributed by atoms with Crippen LogP contribution in [0.15, 0.2) is 36.7 Å². The number of hydrogen-bond acceptors (Lipinski definition) is 4. The lowest BCUT2D eigenvalue weighted by Crippen LogP contribution is -2.31. The summed E-state index contributed by atoms with van der Waals surface area (Å²) in [4.78, 5) is 8.82. The van der Waals surface area contributed by atoms with E-state index >= 15 is 0 Å². The summed E-state index contributed by atoms with van der Waals surface area (Å²) in [5.74, 6) is 0.949. The molecule has 0 radical (unpaired) electrons. The quantitative estimate of drug-likeness (QED) is 0.183. The zero-order chi connectivity index (χ0) is 24.8. The van der Waals surface area contributed by atoms with Gasteiger partial charge < -0.3 is 9.47 Å². The Labute approximate surface area is 200 Å². The van der Waals surface area contributed by atoms with Crippen molar-refractivity contribution in [2.45, 2.75) is 83.5 Å². The van der Waals surface area contributed by atoms with E-state index in [1.807, 2.05) is 12.4 Å². The summed E-state index contributed by atoms with van der Waals surface area (Å²) in [6.07, 6.45) is 2.49. The Hall–Kier alpha value is -2.22. The monoisotopic (exact) mass is 484 g/mol. The fourth-order valence-corrected chi connectivity index (χ4v) is 3.33. The molecule has 0 aliphatic rings. The first-order chi connectivity index (χ1) is 16.4. The molecule has 4 atom stereocenters. The van der Waals surface area contributed by atoms with Crippen molar-refractivity contribution in [3.05, 3.63) is 42.2 Å². The Bertz CT molecular complexity index is 792. The molecular weight excluding hydrogens is 448 g/mol. The summed E-state index contributed by atoms with van der Waals surface area (Å²) < 4.78 is 64.9. The highest BCUT2D eigenvalue weighted by molar-refractivity contribution is 5.55. The summed E-state index contributed by atoms with van der Waals surface area (Å²) in [5, 5.41) is 0. The number of hydrogen-bond donors (Lipinski definition) is 0. The lowest BCUT2D eigenvalue weighted by Gasteiger charge is -2.17. The number of unbranched alkanes of at least 4 members (excludes halogenated alkanes) is 3. The molecular formula is C26H36F4N2O2. The third kappa shape index (κ3) is 9.95. The van der Waals surface area contributed by atoms with E-state index in [1.165, 1.54) is 19.3 Å². The Balaban J connectivity index is 1.73. The second-order valence-corrected chi connectivity index (χ2v) is 8.45. The van der Waals surface area contributed by atoms with Crippen molar-refractivity contribution < 1.29 is 27.0 Å². The molecule has 0 amide bonds. The number of alkyl halides is 4. The van der Waals surface area contributed by atoms with E-state index in [4.69, 9.17) is 9.47 Å². The van der Waals surface area contributed by atoms with Crippen LogP contribution in [0.4, 0.5) is 17.6 Å². The van der Waals surface area contributed by atoms with Crippen LogP contribution in [0.1, 0.15) is 57.9 Å². The Morgan fingerprint density at radius 2 is 1.35 bits per heavy atom. The number of halogens is 4. The number of aryl methyl sites for hydroxylation is 1. The second-order valence-electron chi connectivity index (χ2n) is 8.45. The predicted octanol–water partition coefficient (Wildman–Crippen LogP) is 6.81. The van der Waals surface area contributed by atoms with Gasteiger partial charge in [0, 0.05) is 18.0 Å². The number of benzene rings is 1. The van der Waals surface area contributed by atoms with Gasteiger partial charge in [-0.3, -0.25) is 0 Å². The van der Waals surface area contributed by atoms with E-state index in [-0.39, 0.29) is 6.42 Å². The first-order valence-corrected chi connectivity index (χ1v) is 12.1. The van der Waals surface area contributed by atoms with Crippen LogP contribution in [0.2, 0.25) is 0 Å². The van der Waals surface area contributed by atoms with Gasteiger partial charge in [-0.1, -0.05) is 39.5 Å². The van der Waals surface area contributed by atoms with Crippen LogP contribution in [0.25, 0.3) is 11.4 Å². The van der Waals surface area contributed by atoms with E-state index in [2.05, 4.69) is 16.9 Å². The summed E-state index contributed by atoms with van der Waals surface area (Å²) in [7, 11) is 0. The van der Waals surface area contributed by atoms with Gasteiger partial charge in [0.2, 0.25) is 0 Å². The molecule has 1 heterocycles. The lowest BCUT2D eigenvalue weighted by atomic mass is 10.1. The van der Waals surface area contributed by atoms with E-state index < -0.39 is 44.5 Å². The molecule has 0 N–H and O–H groups in total. The summed E-state index contributed by atoms with van der Waals surface area (Å²) in [6, 6.07) is 6.77. The maximum atomic E-state index is 14.0. The smallest absolute Gasteiger partial charge is 0.167 e. The largest absolute Gasteiger partial charge is 0.490 e. The Morgan fingerprint density at radius 1 is 0.735 bits per heavy atom. The van der Waals surface area contributed by atoms with Gasteiger partial charge in [0.25, 0.3) is 0 Å². The maximum absolute atomic E-state index is 14.0. The second kappa shape index (κ2) is 15.6. The third-order valence-corrected chi connectivity index (χ3v) is 5.45. The van der Waals surface area contributed by atoms with Gasteiger partial charge in [-0.25, -0.2) is 27.5 Å². The average molecular weight is 485 g/mol. The fourth-order valence-electron chi connectivity index (χ4n) is 3.33. The summed E-state index contributed by atoms with van der Waals surface area (Å²) in [5.41, 5.74) is 1.89. The number of rotatable bonds is 17. The standard InChI is InChI=1S/C26H36F4N2O2/c1-3-5-6-7-9-19-14-31-26(32-15-19)20-10-12-21(13-11-20)34-18-25(30)24(29)17-33-16-23(28)22(27)8-4-2/h10-15,22-25H,3-9,16-18H2,1-2H3/t22-,23-,24+,25+/m0/s1. The molecule has 0 fully saturated rings. The molecule has 1 aromatic heterocycles. The van der Waals surface area contributed by atoms with Crippen molar-refractivity contribution in [2.75, 3.05) is 19.8 Å². The molecule has 1 aromatic carbocycles. The third-order valence-electron chi connectivity index (χ3n) is 5.45. The molecule has 0 saturated carbocycles. The van der Waals surface area contributed by atoms with Crippen LogP contribution in [-0.2, 0) is 11.2 Å². The van der Waals surface area contributed by atoms with Crippen molar-refractivity contribution in [2.24, 2.45) is 0 Å². The molecule has 2 rings (SSSR count). The van der Waals surface area contributed by atoms with Crippen molar-refractivity contribution in [3.8, 4) is 17.1 Å². The lowest BCUT2D eigenvalue weighted by molar-refractivity contribution is -0.00820. The Kier molecular flexibility index (Phi) is 12.9. The van der Waals surface area contributed by atoms with Gasteiger partial charge in [0.05, 0.1) is 13.2 Å². The van der Waals surface area contributed by atoms with Crippen molar-refractivity contribution in [1.82, 2.24) is 9.97 Å². The van der Waals surface area contributed by atoms with Crippen molar-refractivity contribution >= 4 is 0 Å². The predicted molar refractivity (Wildman–Crippen MR) is 126 cm³/mol. The molecule has 34 heavy (non-hydrogen) atoms. The van der Waals surface area contributed by atoms with E-state index in [9.17, 15) is 17.6 Å². The molecule has 0 bridgehead atoms. The average Bonchev–Trinajstić information content (AvgIpc) is 2.86. The fraction of sp³-hybridized carbons (Fsp3) is 0.615. The molecule has 0 aliphatic carbocycles. The highest BCUT2D eigenvalue weighted by atomic mass is 19.2. The number of ether oxygens (including phenoxy) is 2. The summed E-state index contributed by atoms with van der Waals surface area (Å²) >= 11 is 0. The molecule has 0 saturated heterocycles. The zero-order valence-electron chi connectivity index (χ0n) is 20.1. The first kappa shape index (κ1) is 28.0. The highest BCUT2D eigenvalue weighted by Gasteiger charge is 2.24. The van der Waals surface area contributed by atoms with Gasteiger partial charge in [-0.2, -0.15) is 0 Å². The Morgan fingerprint density at radius 3 is 1.97 bits per heavy atom. The van der Waals surface area contributed by atoms with Gasteiger partial charge in [0.1, 0.15) is 18.5 Å². The SMILES string of the molecule is CCCCCCc1cnc(-c2ccc(OC[C@@H](F)[C@H](F)COC[C@H](F)[C@@H](F)CCC)cc2)nc1. The minimum absolute atomic E-state index is 0.0680. The maximum Gasteiger partial charge on any atom is 0.167 e. The van der Waals surface area contributed by atoms with Gasteiger partial charge in [0.15, 0.2) is 24.3 Å². The molecule has 8 heteroatoms. The molecule has 0 spiro atoms. The van der Waals surface area contributed by atoms with E-state index in [1.54, 1.807) is 31.2 Å². The van der Waals surface area contributed by atoms with Crippen LogP contribution in [0, 0.1) is 0 Å². The molecule has 190 valence electrons. The summed E-state index contributed by atoms with van der Waals surface area (Å²) in [6.45, 7) is 2.14. The van der Waals surface area contributed by atoms with Crippen LogP contribution in [-0.4, -0.2) is 54.5 Å². The molecule has 0 unspecified atom stereocenters. The molecule has 2 aromatic rings. The van der Waals surface area contributed by atoms with Crippen LogP contribution < -0.4 is 4.74 Å². The van der Waals surface area contributed by atoms with Gasteiger partial charge >= 0.3 is 0 Å². The molecule has 4 nitrogen and oxygen atoms in total. The minimum atomic E-state index is -2.00. The minimum Gasteiger partial charge on any atom is -0.490 e. The van der Waals surface area contributed by atoms with Crippen LogP contribution in [0.5, 0.6) is 5.75 Å². The normalized spacial score (nSPS) is 15.0. The van der Waals surface area contributed by atoms with E-state index in [0.29, 0.717) is 18.0 Å². The number of nitrogens with zero attached hydrogens (tertiary/aromatic N) is 2. The molecule has 0 aliphatic heterocycles. The van der Waals surface area contributed by atoms with Gasteiger partial charge in [-0.05, 0) is 49.1 Å². The van der Waals surface area contributed by atoms with E-state index in [0.717, 1.165) is 24.0 Å². The van der Waals surface area contributed by atoms with Gasteiger partial charge in [-0.15, -0.1) is 0 Å². The van der Waals surface area contributed by atoms with Crippen molar-refractivity contribution in [1.29, 1.82) is 0 Å². The van der Waals surface area contributed by atoms with Crippen molar-refractivity contribution in [3.63, 3.8) is 0 Å².